The van der Waals surface area contributed by atoms with E-state index in [9.17, 15) is 0 Å². The minimum absolute atomic E-state index is 0. The van der Waals surface area contributed by atoms with Crippen LogP contribution in [0.2, 0.25) is 0 Å². The van der Waals surface area contributed by atoms with Crippen molar-refractivity contribution >= 4 is 51.6 Å². The van der Waals surface area contributed by atoms with Gasteiger partial charge in [0.25, 0.3) is 0 Å². The van der Waals surface area contributed by atoms with E-state index in [0.29, 0.717) is 6.04 Å². The molecule has 1 aromatic carbocycles. The highest BCUT2D eigenvalue weighted by Crippen LogP contribution is 2.31. The van der Waals surface area contributed by atoms with Gasteiger partial charge in [0.05, 0.1) is 0 Å². The summed E-state index contributed by atoms with van der Waals surface area (Å²) in [6.07, 6.45) is 5.30. The summed E-state index contributed by atoms with van der Waals surface area (Å²) >= 11 is 3.51. The van der Waals surface area contributed by atoms with Crippen LogP contribution in [-0.2, 0) is 0 Å². The molecule has 0 radical (unpaired) electrons. The number of nitrogens with zero attached hydrogens (tertiary/aromatic N) is 3. The fourth-order valence-corrected chi connectivity index (χ4v) is 4.46. The number of likely N-dealkylation sites (tertiary alicyclic amines) is 1. The molecule has 2 atom stereocenters. The van der Waals surface area contributed by atoms with E-state index in [0.717, 1.165) is 48.4 Å². The predicted octanol–water partition coefficient (Wildman–Crippen LogP) is 3.30. The number of hydrogen-bond acceptors (Lipinski definition) is 3. The minimum Gasteiger partial charge on any atom is -0.369 e. The zero-order valence-corrected chi connectivity index (χ0v) is 19.9. The fraction of sp³-hybridized carbons (Fsp3) is 0.650. The third kappa shape index (κ3) is 5.73. The van der Waals surface area contributed by atoms with Gasteiger partial charge >= 0.3 is 0 Å². The molecule has 150 valence electrons. The highest BCUT2D eigenvalue weighted by molar-refractivity contribution is 14.0. The molecule has 0 spiro atoms. The highest BCUT2D eigenvalue weighted by Gasteiger charge is 2.34. The van der Waals surface area contributed by atoms with Crippen molar-refractivity contribution in [1.29, 1.82) is 0 Å². The molecule has 7 heteroatoms. The summed E-state index contributed by atoms with van der Waals surface area (Å²) < 4.78 is 1.13. The maximum atomic E-state index is 4.44. The number of anilines is 1. The SMILES string of the molecule is CN=C(NCC1CCN(C2CC2)C1)NC1CCN(c2ccc(Br)cc2)C1.I. The smallest absolute Gasteiger partial charge is 0.191 e. The summed E-state index contributed by atoms with van der Waals surface area (Å²) in [6, 6.07) is 9.96. The standard InChI is InChI=1S/C20H30BrN5.HI/c1-22-20(23-12-15-8-10-25(13-15)19-6-7-19)24-17-9-11-26(14-17)18-4-2-16(21)3-5-18;/h2-5,15,17,19H,6-14H2,1H3,(H2,22,23,24);1H. The fourth-order valence-electron chi connectivity index (χ4n) is 4.19. The van der Waals surface area contributed by atoms with Gasteiger partial charge in [-0.3, -0.25) is 4.99 Å². The third-order valence-corrected chi connectivity index (χ3v) is 6.41. The molecule has 2 unspecified atom stereocenters. The Kier molecular flexibility index (Phi) is 7.67. The third-order valence-electron chi connectivity index (χ3n) is 5.88. The Morgan fingerprint density at radius 1 is 1.11 bits per heavy atom. The van der Waals surface area contributed by atoms with E-state index in [1.807, 2.05) is 7.05 Å². The molecule has 2 aliphatic heterocycles. The molecule has 0 aromatic heterocycles. The van der Waals surface area contributed by atoms with Crippen LogP contribution in [0.25, 0.3) is 0 Å². The van der Waals surface area contributed by atoms with Crippen LogP contribution in [0.5, 0.6) is 0 Å². The maximum absolute atomic E-state index is 4.44. The van der Waals surface area contributed by atoms with Crippen molar-refractivity contribution in [2.45, 2.75) is 37.8 Å². The van der Waals surface area contributed by atoms with E-state index >= 15 is 0 Å². The average Bonchev–Trinajstić information content (AvgIpc) is 3.22. The van der Waals surface area contributed by atoms with Crippen molar-refractivity contribution in [1.82, 2.24) is 15.5 Å². The molecule has 0 amide bonds. The summed E-state index contributed by atoms with van der Waals surface area (Å²) in [4.78, 5) is 9.57. The van der Waals surface area contributed by atoms with Crippen LogP contribution in [0.3, 0.4) is 0 Å². The molecule has 27 heavy (non-hydrogen) atoms. The Labute approximate surface area is 188 Å². The molecular weight excluding hydrogens is 517 g/mol. The van der Waals surface area contributed by atoms with Gasteiger partial charge in [0, 0.05) is 55.5 Å². The topological polar surface area (TPSA) is 42.9 Å². The quantitative estimate of drug-likeness (QED) is 0.337. The zero-order chi connectivity index (χ0) is 17.9. The van der Waals surface area contributed by atoms with Gasteiger partial charge in [-0.05, 0) is 62.4 Å². The van der Waals surface area contributed by atoms with Crippen LogP contribution in [0, 0.1) is 5.92 Å². The molecule has 3 fully saturated rings. The number of nitrogens with one attached hydrogen (secondary N) is 2. The van der Waals surface area contributed by atoms with E-state index in [2.05, 4.69) is 65.6 Å². The second kappa shape index (κ2) is 9.78. The van der Waals surface area contributed by atoms with Crippen LogP contribution >= 0.6 is 39.9 Å². The molecule has 2 saturated heterocycles. The molecule has 0 bridgehead atoms. The van der Waals surface area contributed by atoms with Gasteiger partial charge in [-0.2, -0.15) is 0 Å². The molecule has 1 aliphatic carbocycles. The average molecular weight is 548 g/mol. The summed E-state index contributed by atoms with van der Waals surface area (Å²) in [7, 11) is 1.88. The lowest BCUT2D eigenvalue weighted by Crippen LogP contribution is -2.46. The maximum Gasteiger partial charge on any atom is 0.191 e. The Morgan fingerprint density at radius 2 is 1.89 bits per heavy atom. The Bertz CT molecular complexity index is 634. The first-order chi connectivity index (χ1) is 12.7. The van der Waals surface area contributed by atoms with Crippen LogP contribution in [-0.4, -0.2) is 62.7 Å². The van der Waals surface area contributed by atoms with Crippen molar-refractivity contribution < 1.29 is 0 Å². The van der Waals surface area contributed by atoms with Crippen molar-refractivity contribution in [3.05, 3.63) is 28.7 Å². The molecule has 1 aromatic rings. The van der Waals surface area contributed by atoms with Gasteiger partial charge < -0.3 is 20.4 Å². The van der Waals surface area contributed by atoms with Crippen molar-refractivity contribution in [3.63, 3.8) is 0 Å². The van der Waals surface area contributed by atoms with Crippen molar-refractivity contribution in [2.75, 3.05) is 44.7 Å². The molecular formula is C20H31BrIN5. The highest BCUT2D eigenvalue weighted by atomic mass is 127. The van der Waals surface area contributed by atoms with E-state index in [-0.39, 0.29) is 24.0 Å². The molecule has 5 nitrogen and oxygen atoms in total. The second-order valence-corrected chi connectivity index (χ2v) is 8.80. The summed E-state index contributed by atoms with van der Waals surface area (Å²) in [6.45, 7) is 5.70. The Hall–Kier alpha value is -0.540. The van der Waals surface area contributed by atoms with E-state index in [1.54, 1.807) is 0 Å². The molecule has 2 heterocycles. The Balaban J connectivity index is 0.00000210. The number of guanidine groups is 1. The lowest BCUT2D eigenvalue weighted by Gasteiger charge is -2.21. The first-order valence-electron chi connectivity index (χ1n) is 9.93. The van der Waals surface area contributed by atoms with Gasteiger partial charge in [-0.25, -0.2) is 0 Å². The molecule has 2 N–H and O–H groups in total. The first-order valence-corrected chi connectivity index (χ1v) is 10.7. The zero-order valence-electron chi connectivity index (χ0n) is 16.0. The van der Waals surface area contributed by atoms with Gasteiger partial charge in [0.15, 0.2) is 5.96 Å². The molecule has 4 rings (SSSR count). The van der Waals surface area contributed by atoms with E-state index in [4.69, 9.17) is 0 Å². The van der Waals surface area contributed by atoms with Gasteiger partial charge in [0.2, 0.25) is 0 Å². The number of hydrogen-bond donors (Lipinski definition) is 2. The van der Waals surface area contributed by atoms with Crippen LogP contribution in [0.1, 0.15) is 25.7 Å². The minimum atomic E-state index is 0. The normalized spacial score (nSPS) is 26.1. The number of aliphatic imine (C=N–C) groups is 1. The van der Waals surface area contributed by atoms with Gasteiger partial charge in [0.1, 0.15) is 0 Å². The summed E-state index contributed by atoms with van der Waals surface area (Å²) in [5.74, 6) is 1.72. The Morgan fingerprint density at radius 3 is 2.59 bits per heavy atom. The van der Waals surface area contributed by atoms with Crippen LogP contribution in [0.4, 0.5) is 5.69 Å². The number of rotatable bonds is 5. The largest absolute Gasteiger partial charge is 0.369 e. The first kappa shape index (κ1) is 21.2. The van der Waals surface area contributed by atoms with E-state index in [1.165, 1.54) is 38.0 Å². The number of halogens is 2. The van der Waals surface area contributed by atoms with Crippen LogP contribution < -0.4 is 15.5 Å². The van der Waals surface area contributed by atoms with Crippen molar-refractivity contribution in [2.24, 2.45) is 10.9 Å². The summed E-state index contributed by atoms with van der Waals surface area (Å²) in [5, 5.41) is 7.19. The molecule has 1 saturated carbocycles. The predicted molar refractivity (Wildman–Crippen MR) is 127 cm³/mol. The van der Waals surface area contributed by atoms with Crippen LogP contribution in [0.15, 0.2) is 33.7 Å². The monoisotopic (exact) mass is 547 g/mol. The number of benzene rings is 1. The second-order valence-electron chi connectivity index (χ2n) is 7.89. The van der Waals surface area contributed by atoms with Crippen molar-refractivity contribution in [3.8, 4) is 0 Å². The van der Waals surface area contributed by atoms with Gasteiger partial charge in [-0.15, -0.1) is 24.0 Å². The lowest BCUT2D eigenvalue weighted by molar-refractivity contribution is 0.314. The van der Waals surface area contributed by atoms with E-state index < -0.39 is 0 Å². The van der Waals surface area contributed by atoms with Gasteiger partial charge in [-0.1, -0.05) is 15.9 Å². The molecule has 3 aliphatic rings. The summed E-state index contributed by atoms with van der Waals surface area (Å²) in [5.41, 5.74) is 1.30. The lowest BCUT2D eigenvalue weighted by atomic mass is 10.1.